The number of amides is 1. The third-order valence-corrected chi connectivity index (χ3v) is 10.2. The molecule has 0 spiro atoms. The minimum atomic E-state index is -5.07. The lowest BCUT2D eigenvalue weighted by molar-refractivity contribution is -0.147. The molecule has 0 radical (unpaired) electrons. The van der Waals surface area contributed by atoms with E-state index >= 15 is 0 Å². The van der Waals surface area contributed by atoms with Crippen LogP contribution in [0.2, 0.25) is 0 Å². The van der Waals surface area contributed by atoms with Crippen LogP contribution >= 0.6 is 0 Å². The van der Waals surface area contributed by atoms with E-state index in [9.17, 15) is 45.1 Å². The summed E-state index contributed by atoms with van der Waals surface area (Å²) in [5.74, 6) is -3.73. The normalized spacial score (nSPS) is 23.4. The molecule has 7 nitrogen and oxygen atoms in total. The largest absolute Gasteiger partial charge is 0.444 e. The summed E-state index contributed by atoms with van der Waals surface area (Å²) in [4.78, 5) is 43.1. The summed E-state index contributed by atoms with van der Waals surface area (Å²) in [7, 11) is 0. The number of carbonyl (C=O) groups excluding carboxylic acids is 3. The molecule has 4 aromatic rings. The lowest BCUT2D eigenvalue weighted by Gasteiger charge is -2.34. The predicted octanol–water partition coefficient (Wildman–Crippen LogP) is 10.1. The molecular weight excluding hydrogens is 735 g/mol. The minimum Gasteiger partial charge on any atom is -0.444 e. The van der Waals surface area contributed by atoms with Crippen LogP contribution in [-0.4, -0.2) is 34.4 Å². The highest BCUT2D eigenvalue weighted by Crippen LogP contribution is 2.48. The number of rotatable bonds is 10. The van der Waals surface area contributed by atoms with Crippen LogP contribution in [0.5, 0.6) is 0 Å². The maximum atomic E-state index is 14.4. The van der Waals surface area contributed by atoms with E-state index in [4.69, 9.17) is 14.2 Å². The van der Waals surface area contributed by atoms with Gasteiger partial charge in [-0.2, -0.15) is 26.3 Å². The molecule has 1 aliphatic carbocycles. The highest BCUT2D eigenvalue weighted by Gasteiger charge is 2.58. The first kappa shape index (κ1) is 39.5. The van der Waals surface area contributed by atoms with E-state index in [-0.39, 0.29) is 31.1 Å². The fourth-order valence-electron chi connectivity index (χ4n) is 7.35. The Morgan fingerprint density at radius 2 is 1.42 bits per heavy atom. The van der Waals surface area contributed by atoms with Crippen molar-refractivity contribution in [1.29, 1.82) is 0 Å². The SMILES string of the molecule is C[C@@H](O[C@H]1CC[C@@H](C(=O)CC2(C)C(=O)OC(c3ccccc3)N2C(=O)OCc2ccccc2)C1c1ccc(F)cc1)c1cc(C(F)(F)F)cc(C(F)(F)F)c1. The summed E-state index contributed by atoms with van der Waals surface area (Å²) in [6.45, 7) is 2.56. The second kappa shape index (κ2) is 15.5. The number of cyclic esters (lactones) is 1. The number of nitrogens with zero attached hydrogens (tertiary/aromatic N) is 1. The number of carbonyl (C=O) groups is 3. The van der Waals surface area contributed by atoms with E-state index < -0.39 is 89.4 Å². The van der Waals surface area contributed by atoms with E-state index in [1.165, 1.54) is 26.0 Å². The maximum Gasteiger partial charge on any atom is 0.416 e. The molecule has 1 saturated heterocycles. The molecule has 6 rings (SSSR count). The topological polar surface area (TPSA) is 82.1 Å². The molecule has 0 N–H and O–H groups in total. The molecule has 1 aliphatic heterocycles. The Bertz CT molecular complexity index is 1970. The average molecular weight is 772 g/mol. The zero-order chi connectivity index (χ0) is 39.7. The van der Waals surface area contributed by atoms with Gasteiger partial charge < -0.3 is 14.2 Å². The first-order valence-electron chi connectivity index (χ1n) is 17.4. The van der Waals surface area contributed by atoms with Gasteiger partial charge >= 0.3 is 24.4 Å². The van der Waals surface area contributed by atoms with Gasteiger partial charge in [0.15, 0.2) is 5.54 Å². The van der Waals surface area contributed by atoms with Crippen molar-refractivity contribution in [2.75, 3.05) is 0 Å². The number of halogens is 7. The van der Waals surface area contributed by atoms with Crippen LogP contribution < -0.4 is 0 Å². The van der Waals surface area contributed by atoms with Crippen LogP contribution in [0.4, 0.5) is 35.5 Å². The fraction of sp³-hybridized carbons (Fsp3) is 0.341. The smallest absolute Gasteiger partial charge is 0.416 e. The number of esters is 1. The first-order chi connectivity index (χ1) is 26.0. The molecule has 14 heteroatoms. The third kappa shape index (κ3) is 8.54. The van der Waals surface area contributed by atoms with E-state index in [1.807, 2.05) is 0 Å². The molecule has 6 atom stereocenters. The van der Waals surface area contributed by atoms with E-state index in [2.05, 4.69) is 0 Å². The van der Waals surface area contributed by atoms with Crippen LogP contribution in [0.15, 0.2) is 103 Å². The Kier molecular flexibility index (Phi) is 11.1. The quantitative estimate of drug-likeness (QED) is 0.118. The molecule has 2 fully saturated rings. The molecule has 2 aliphatic rings. The van der Waals surface area contributed by atoms with Crippen LogP contribution in [-0.2, 0) is 42.8 Å². The molecule has 4 aromatic carbocycles. The zero-order valence-electron chi connectivity index (χ0n) is 29.6. The van der Waals surface area contributed by atoms with Crippen LogP contribution in [0.1, 0.15) is 84.7 Å². The van der Waals surface area contributed by atoms with Gasteiger partial charge in [0.2, 0.25) is 6.23 Å². The highest BCUT2D eigenvalue weighted by molar-refractivity contribution is 5.95. The van der Waals surface area contributed by atoms with Crippen molar-refractivity contribution in [2.45, 2.75) is 82.0 Å². The van der Waals surface area contributed by atoms with Gasteiger partial charge in [-0.3, -0.25) is 9.69 Å². The molecule has 1 amide bonds. The Balaban J connectivity index is 1.30. The molecule has 1 heterocycles. The highest BCUT2D eigenvalue weighted by atomic mass is 19.4. The third-order valence-electron chi connectivity index (χ3n) is 10.2. The van der Waals surface area contributed by atoms with E-state index in [0.717, 1.165) is 17.0 Å². The second-order valence-corrected chi connectivity index (χ2v) is 13.9. The standard InChI is InChI=1S/C41H36F7NO6/c1-24(28-19-29(40(43,44)45)21-30(20-28)41(46,47)48)54-34-18-17-32(35(34)26-13-15-31(42)16-14-26)33(50)22-39(2)37(51)55-36(27-11-7-4-8-12-27)49(39)38(52)53-23-25-9-5-3-6-10-25/h3-16,19-21,24,32,34-36H,17-18,22-23H2,1-2H3/t24-,32+,34+,35?,36?,39?/m1/s1. The van der Waals surface area contributed by atoms with Crippen LogP contribution in [0, 0.1) is 11.7 Å². The van der Waals surface area contributed by atoms with Gasteiger partial charge in [-0.05, 0) is 73.7 Å². The molecule has 55 heavy (non-hydrogen) atoms. The van der Waals surface area contributed by atoms with Gasteiger partial charge in [0, 0.05) is 23.8 Å². The summed E-state index contributed by atoms with van der Waals surface area (Å²) in [5.41, 5.74) is -3.71. The van der Waals surface area contributed by atoms with Gasteiger partial charge in [0.05, 0.1) is 23.3 Å². The molecule has 3 unspecified atom stereocenters. The zero-order valence-corrected chi connectivity index (χ0v) is 29.6. The monoisotopic (exact) mass is 771 g/mol. The molecule has 290 valence electrons. The van der Waals surface area contributed by atoms with Gasteiger partial charge in [-0.25, -0.2) is 14.0 Å². The van der Waals surface area contributed by atoms with Crippen molar-refractivity contribution in [3.8, 4) is 0 Å². The number of ketones is 1. The van der Waals surface area contributed by atoms with E-state index in [1.54, 1.807) is 60.7 Å². The summed E-state index contributed by atoms with van der Waals surface area (Å²) < 4.78 is 114. The number of ether oxygens (including phenoxy) is 3. The van der Waals surface area contributed by atoms with Crippen LogP contribution in [0.3, 0.4) is 0 Å². The van der Waals surface area contributed by atoms with Gasteiger partial charge in [-0.1, -0.05) is 72.8 Å². The molecular formula is C41H36F7NO6. The fourth-order valence-corrected chi connectivity index (χ4v) is 7.35. The Hall–Kier alpha value is -5.24. The lowest BCUT2D eigenvalue weighted by atomic mass is 9.80. The van der Waals surface area contributed by atoms with E-state index in [0.29, 0.717) is 28.8 Å². The van der Waals surface area contributed by atoms with Crippen molar-refractivity contribution < 1.29 is 59.3 Å². The number of Topliss-reactive ketones (excluding diaryl/α,β-unsaturated/α-hetero) is 1. The van der Waals surface area contributed by atoms with Crippen molar-refractivity contribution >= 4 is 17.8 Å². The first-order valence-corrected chi connectivity index (χ1v) is 17.4. The Morgan fingerprint density at radius 3 is 2.00 bits per heavy atom. The molecule has 1 saturated carbocycles. The van der Waals surface area contributed by atoms with Gasteiger partial charge in [0.1, 0.15) is 18.2 Å². The Labute approximate surface area is 312 Å². The number of benzene rings is 4. The summed E-state index contributed by atoms with van der Waals surface area (Å²) in [6, 6.07) is 23.6. The molecule has 0 aromatic heterocycles. The predicted molar refractivity (Wildman–Crippen MR) is 183 cm³/mol. The second-order valence-electron chi connectivity index (χ2n) is 13.9. The Morgan fingerprint density at radius 1 is 0.836 bits per heavy atom. The van der Waals surface area contributed by atoms with Crippen LogP contribution in [0.25, 0.3) is 0 Å². The number of hydrogen-bond acceptors (Lipinski definition) is 6. The maximum absolute atomic E-state index is 14.4. The number of hydrogen-bond donors (Lipinski definition) is 0. The van der Waals surface area contributed by atoms with Crippen molar-refractivity contribution in [1.82, 2.24) is 4.90 Å². The van der Waals surface area contributed by atoms with Crippen molar-refractivity contribution in [2.24, 2.45) is 5.92 Å². The molecule has 0 bridgehead atoms. The summed E-state index contributed by atoms with van der Waals surface area (Å²) in [5, 5.41) is 0. The average Bonchev–Trinajstić information content (AvgIpc) is 3.68. The van der Waals surface area contributed by atoms with Gasteiger partial charge in [0.25, 0.3) is 0 Å². The van der Waals surface area contributed by atoms with Gasteiger partial charge in [-0.15, -0.1) is 0 Å². The van der Waals surface area contributed by atoms with Crippen molar-refractivity contribution in [3.05, 3.63) is 142 Å². The summed E-state index contributed by atoms with van der Waals surface area (Å²) in [6.07, 6.45) is -14.8. The number of alkyl halides is 6. The minimum absolute atomic E-state index is 0.0273. The summed E-state index contributed by atoms with van der Waals surface area (Å²) >= 11 is 0. The van der Waals surface area contributed by atoms with Crippen molar-refractivity contribution in [3.63, 3.8) is 0 Å². The lowest BCUT2D eigenvalue weighted by Crippen LogP contribution is -2.51.